The Kier molecular flexibility index (Phi) is 9.28. The summed E-state index contributed by atoms with van der Waals surface area (Å²) < 4.78 is 6.56. The Balaban J connectivity index is 1.26. The maximum atomic E-state index is 14.2. The van der Waals surface area contributed by atoms with E-state index in [1.54, 1.807) is 31.0 Å². The van der Waals surface area contributed by atoms with Gasteiger partial charge in [0.2, 0.25) is 0 Å². The molecule has 6 rings (SSSR count). The molecule has 0 radical (unpaired) electrons. The number of rotatable bonds is 4. The van der Waals surface area contributed by atoms with Crippen molar-refractivity contribution in [2.24, 2.45) is 5.41 Å². The topological polar surface area (TPSA) is 105 Å². The van der Waals surface area contributed by atoms with Gasteiger partial charge in [0.15, 0.2) is 0 Å². The van der Waals surface area contributed by atoms with E-state index >= 15 is 0 Å². The predicted molar refractivity (Wildman–Crippen MR) is 171 cm³/mol. The van der Waals surface area contributed by atoms with E-state index in [2.05, 4.69) is 24.8 Å². The Morgan fingerprint density at radius 3 is 2.40 bits per heavy atom. The lowest BCUT2D eigenvalue weighted by molar-refractivity contribution is 0.0360. The van der Waals surface area contributed by atoms with E-state index < -0.39 is 0 Å². The number of piperidine rings is 1. The number of amides is 2. The van der Waals surface area contributed by atoms with Crippen molar-refractivity contribution in [3.8, 4) is 5.75 Å². The van der Waals surface area contributed by atoms with Gasteiger partial charge in [-0.1, -0.05) is 42.5 Å². The number of aromatic nitrogens is 4. The van der Waals surface area contributed by atoms with Crippen LogP contribution >= 0.6 is 0 Å². The zero-order valence-corrected chi connectivity index (χ0v) is 25.7. The minimum atomic E-state index is -0.155. The highest BCUT2D eigenvalue weighted by atomic mass is 16.5. The van der Waals surface area contributed by atoms with E-state index in [1.165, 1.54) is 0 Å². The molecule has 4 aromatic rings. The number of carbonyl (C=O) groups is 2. The molecule has 2 aliphatic rings. The Hall–Kier alpha value is -4.86. The summed E-state index contributed by atoms with van der Waals surface area (Å²) in [7, 11) is 0. The van der Waals surface area contributed by atoms with Gasteiger partial charge < -0.3 is 19.4 Å². The maximum Gasteiger partial charge on any atom is 0.274 e. The SMILES string of the molecule is Cc1cnc(C(=O)N2CCC3(CCCN(c4cnccn4)CCN(Cc4ccccc4)C(=O)c4ccccc4OC3)CC2)cn1. The summed E-state index contributed by atoms with van der Waals surface area (Å²) in [5.74, 6) is 1.23. The van der Waals surface area contributed by atoms with Crippen molar-refractivity contribution in [2.75, 3.05) is 44.2 Å². The molecule has 45 heavy (non-hydrogen) atoms. The number of hydrogen-bond donors (Lipinski definition) is 0. The first kappa shape index (κ1) is 30.2. The molecule has 2 aromatic heterocycles. The van der Waals surface area contributed by atoms with Gasteiger partial charge >= 0.3 is 0 Å². The smallest absolute Gasteiger partial charge is 0.274 e. The first-order chi connectivity index (χ1) is 22.0. The molecule has 1 fully saturated rings. The normalized spacial score (nSPS) is 17.4. The fourth-order valence-corrected chi connectivity index (χ4v) is 6.22. The number of fused-ring (bicyclic) bond motifs is 1. The van der Waals surface area contributed by atoms with Gasteiger partial charge in [-0.25, -0.2) is 9.97 Å². The van der Waals surface area contributed by atoms with Crippen molar-refractivity contribution in [3.63, 3.8) is 0 Å². The molecule has 10 heteroatoms. The van der Waals surface area contributed by atoms with Gasteiger partial charge in [-0.15, -0.1) is 0 Å². The number of aryl methyl sites for hydroxylation is 1. The Morgan fingerprint density at radius 1 is 0.844 bits per heavy atom. The molecule has 0 N–H and O–H groups in total. The molecule has 0 saturated carbocycles. The molecule has 1 spiro atoms. The summed E-state index contributed by atoms with van der Waals surface area (Å²) in [6.45, 7) is 5.93. The van der Waals surface area contributed by atoms with Crippen LogP contribution in [0.5, 0.6) is 5.75 Å². The summed E-state index contributed by atoms with van der Waals surface area (Å²) in [6, 6.07) is 17.6. The zero-order valence-electron chi connectivity index (χ0n) is 25.7. The van der Waals surface area contributed by atoms with E-state index in [9.17, 15) is 9.59 Å². The van der Waals surface area contributed by atoms with Crippen LogP contribution in [-0.2, 0) is 6.54 Å². The van der Waals surface area contributed by atoms with Gasteiger partial charge in [0.1, 0.15) is 17.3 Å². The van der Waals surface area contributed by atoms with Crippen LogP contribution in [-0.4, -0.2) is 80.9 Å². The highest BCUT2D eigenvalue weighted by Gasteiger charge is 2.38. The van der Waals surface area contributed by atoms with Crippen LogP contribution in [0.15, 0.2) is 85.6 Å². The summed E-state index contributed by atoms with van der Waals surface area (Å²) in [4.78, 5) is 50.9. The van der Waals surface area contributed by atoms with Crippen molar-refractivity contribution in [1.82, 2.24) is 29.7 Å². The minimum absolute atomic E-state index is 0.0681. The van der Waals surface area contributed by atoms with E-state index in [0.29, 0.717) is 56.3 Å². The molecule has 0 aliphatic carbocycles. The predicted octanol–water partition coefficient (Wildman–Crippen LogP) is 4.82. The van der Waals surface area contributed by atoms with Crippen molar-refractivity contribution in [1.29, 1.82) is 0 Å². The molecule has 4 heterocycles. The van der Waals surface area contributed by atoms with Gasteiger partial charge in [0, 0.05) is 63.3 Å². The molecule has 10 nitrogen and oxygen atoms in total. The largest absolute Gasteiger partial charge is 0.492 e. The lowest BCUT2D eigenvalue weighted by Crippen LogP contribution is -2.46. The average Bonchev–Trinajstić information content (AvgIpc) is 3.10. The van der Waals surface area contributed by atoms with Crippen LogP contribution in [0, 0.1) is 12.3 Å². The van der Waals surface area contributed by atoms with Crippen LogP contribution in [0.2, 0.25) is 0 Å². The number of nitrogens with zero attached hydrogens (tertiary/aromatic N) is 7. The molecule has 2 aromatic carbocycles. The van der Waals surface area contributed by atoms with Crippen LogP contribution in [0.3, 0.4) is 0 Å². The highest BCUT2D eigenvalue weighted by Crippen LogP contribution is 2.38. The summed E-state index contributed by atoms with van der Waals surface area (Å²) in [5.41, 5.74) is 2.62. The summed E-state index contributed by atoms with van der Waals surface area (Å²) in [5, 5.41) is 0. The van der Waals surface area contributed by atoms with Crippen LogP contribution < -0.4 is 9.64 Å². The third kappa shape index (κ3) is 7.28. The van der Waals surface area contributed by atoms with Gasteiger partial charge in [-0.3, -0.25) is 19.6 Å². The Bertz CT molecular complexity index is 1580. The second kappa shape index (κ2) is 13.8. The highest BCUT2D eigenvalue weighted by molar-refractivity contribution is 5.97. The second-order valence-electron chi connectivity index (χ2n) is 12.0. The fraction of sp³-hybridized carbons (Fsp3) is 0.371. The summed E-state index contributed by atoms with van der Waals surface area (Å²) >= 11 is 0. The third-order valence-corrected chi connectivity index (χ3v) is 8.91. The maximum absolute atomic E-state index is 14.2. The zero-order chi connectivity index (χ0) is 31.1. The fourth-order valence-electron chi connectivity index (χ4n) is 6.22. The first-order valence-corrected chi connectivity index (χ1v) is 15.6. The van der Waals surface area contributed by atoms with Gasteiger partial charge in [0.05, 0.1) is 30.3 Å². The number of para-hydroxylation sites is 1. The number of anilines is 1. The van der Waals surface area contributed by atoms with E-state index in [-0.39, 0.29) is 17.2 Å². The van der Waals surface area contributed by atoms with E-state index in [1.807, 2.05) is 71.3 Å². The molecule has 2 amide bonds. The van der Waals surface area contributed by atoms with Crippen molar-refractivity contribution >= 4 is 17.6 Å². The lowest BCUT2D eigenvalue weighted by Gasteiger charge is -2.42. The number of likely N-dealkylation sites (tertiary alicyclic amines) is 1. The van der Waals surface area contributed by atoms with Crippen molar-refractivity contribution < 1.29 is 14.3 Å². The minimum Gasteiger partial charge on any atom is -0.492 e. The van der Waals surface area contributed by atoms with E-state index in [4.69, 9.17) is 4.74 Å². The first-order valence-electron chi connectivity index (χ1n) is 15.6. The molecule has 0 unspecified atom stereocenters. The van der Waals surface area contributed by atoms with Crippen molar-refractivity contribution in [3.05, 3.63) is 108 Å². The van der Waals surface area contributed by atoms with Crippen LogP contribution in [0.4, 0.5) is 5.82 Å². The molecule has 2 aliphatic heterocycles. The standard InChI is InChI=1S/C35H39N7O3/c1-27-22-39-30(23-38-27)34(44)41-18-13-35(14-19-41)12-7-17-40(32-24-36-15-16-37-32)20-21-42(25-28-8-3-2-4-9-28)33(43)29-10-5-6-11-31(29)45-26-35/h2-6,8-11,15-16,22-24H,7,12-14,17-21,25-26H2,1H3. The van der Waals surface area contributed by atoms with Crippen LogP contribution in [0.25, 0.3) is 0 Å². The molecule has 232 valence electrons. The van der Waals surface area contributed by atoms with Gasteiger partial charge in [-0.05, 0) is 50.3 Å². The lowest BCUT2D eigenvalue weighted by atomic mass is 9.75. The monoisotopic (exact) mass is 605 g/mol. The molecular formula is C35H39N7O3. The van der Waals surface area contributed by atoms with Crippen molar-refractivity contribution in [2.45, 2.75) is 39.2 Å². The number of carbonyl (C=O) groups excluding carboxylic acids is 2. The molecule has 0 atom stereocenters. The van der Waals surface area contributed by atoms with E-state index in [0.717, 1.165) is 49.3 Å². The second-order valence-corrected chi connectivity index (χ2v) is 12.0. The third-order valence-electron chi connectivity index (χ3n) is 8.91. The quantitative estimate of drug-likeness (QED) is 0.326. The number of hydrogen-bond acceptors (Lipinski definition) is 8. The van der Waals surface area contributed by atoms with Gasteiger partial charge in [0.25, 0.3) is 11.8 Å². The number of ether oxygens (including phenoxy) is 1. The molecule has 1 saturated heterocycles. The Morgan fingerprint density at radius 2 is 1.64 bits per heavy atom. The average molecular weight is 606 g/mol. The van der Waals surface area contributed by atoms with Gasteiger partial charge in [-0.2, -0.15) is 0 Å². The molecular weight excluding hydrogens is 566 g/mol. The molecule has 0 bridgehead atoms. The summed E-state index contributed by atoms with van der Waals surface area (Å²) in [6.07, 6.45) is 11.8. The number of benzene rings is 2. The Labute approximate surface area is 264 Å². The van der Waals surface area contributed by atoms with Crippen LogP contribution in [0.1, 0.15) is 57.8 Å².